The highest BCUT2D eigenvalue weighted by molar-refractivity contribution is 8.01. The number of thioether (sulfide) groups is 1. The summed E-state index contributed by atoms with van der Waals surface area (Å²) < 4.78 is 5.65. The van der Waals surface area contributed by atoms with Crippen LogP contribution in [0, 0.1) is 0 Å². The van der Waals surface area contributed by atoms with Gasteiger partial charge in [-0.3, -0.25) is 4.79 Å². The lowest BCUT2D eigenvalue weighted by Crippen LogP contribution is -2.62. The Morgan fingerprint density at radius 3 is 2.35 bits per heavy atom. The Morgan fingerprint density at radius 1 is 1.30 bits per heavy atom. The molecule has 0 aromatic rings. The standard InChI is InChI=1S/C13H25NO5S/c1-7(16)14-9-11(18)10(17)8(5-6-15)19-12(9)20-13(2,3)4/h8-12,15,17-18H,5-6H2,1-4H3,(H,14,16)/t8-,9-,10+,11-,12+/m1/s1. The van der Waals surface area contributed by atoms with Gasteiger partial charge in [0, 0.05) is 18.3 Å². The molecule has 1 saturated heterocycles. The zero-order valence-electron chi connectivity index (χ0n) is 12.4. The monoisotopic (exact) mass is 307 g/mol. The minimum Gasteiger partial charge on any atom is -0.396 e. The van der Waals surface area contributed by atoms with E-state index in [1.54, 1.807) is 0 Å². The third kappa shape index (κ3) is 4.89. The largest absolute Gasteiger partial charge is 0.396 e. The summed E-state index contributed by atoms with van der Waals surface area (Å²) in [7, 11) is 0. The molecule has 0 aliphatic carbocycles. The number of amides is 1. The lowest BCUT2D eigenvalue weighted by Gasteiger charge is -2.44. The van der Waals surface area contributed by atoms with E-state index >= 15 is 0 Å². The summed E-state index contributed by atoms with van der Waals surface area (Å²) in [6.45, 7) is 7.24. The van der Waals surface area contributed by atoms with Gasteiger partial charge in [-0.05, 0) is 6.42 Å². The predicted octanol–water partition coefficient (Wildman–Crippen LogP) is -0.148. The number of aliphatic hydroxyl groups excluding tert-OH is 3. The molecule has 20 heavy (non-hydrogen) atoms. The van der Waals surface area contributed by atoms with E-state index in [1.807, 2.05) is 20.8 Å². The van der Waals surface area contributed by atoms with Gasteiger partial charge in [-0.15, -0.1) is 11.8 Å². The smallest absolute Gasteiger partial charge is 0.217 e. The Labute approximate surface area is 123 Å². The fourth-order valence-electron chi connectivity index (χ4n) is 2.13. The van der Waals surface area contributed by atoms with Gasteiger partial charge >= 0.3 is 0 Å². The molecule has 0 bridgehead atoms. The number of rotatable bonds is 4. The number of hydrogen-bond acceptors (Lipinski definition) is 6. The van der Waals surface area contributed by atoms with Crippen molar-refractivity contribution in [2.24, 2.45) is 0 Å². The van der Waals surface area contributed by atoms with Gasteiger partial charge in [-0.1, -0.05) is 20.8 Å². The van der Waals surface area contributed by atoms with Crippen molar-refractivity contribution in [1.29, 1.82) is 0 Å². The van der Waals surface area contributed by atoms with Gasteiger partial charge in [-0.2, -0.15) is 0 Å². The Morgan fingerprint density at radius 2 is 1.90 bits per heavy atom. The maximum Gasteiger partial charge on any atom is 0.217 e. The van der Waals surface area contributed by atoms with E-state index in [-0.39, 0.29) is 23.7 Å². The van der Waals surface area contributed by atoms with E-state index in [0.29, 0.717) is 0 Å². The average molecular weight is 307 g/mol. The molecule has 1 heterocycles. The number of ether oxygens (including phenoxy) is 1. The van der Waals surface area contributed by atoms with E-state index in [0.717, 1.165) is 0 Å². The molecule has 0 saturated carbocycles. The highest BCUT2D eigenvalue weighted by Crippen LogP contribution is 2.36. The molecule has 1 rings (SSSR count). The van der Waals surface area contributed by atoms with Crippen molar-refractivity contribution in [3.63, 3.8) is 0 Å². The van der Waals surface area contributed by atoms with Gasteiger partial charge in [0.15, 0.2) is 0 Å². The van der Waals surface area contributed by atoms with Gasteiger partial charge in [-0.25, -0.2) is 0 Å². The zero-order chi connectivity index (χ0) is 15.5. The van der Waals surface area contributed by atoms with Gasteiger partial charge in [0.05, 0.1) is 12.1 Å². The minimum atomic E-state index is -1.13. The van der Waals surface area contributed by atoms with E-state index in [1.165, 1.54) is 18.7 Å². The van der Waals surface area contributed by atoms with Gasteiger partial charge in [0.25, 0.3) is 0 Å². The summed E-state index contributed by atoms with van der Waals surface area (Å²) in [6.07, 6.45) is -2.65. The number of aliphatic hydroxyl groups is 3. The molecule has 1 aliphatic rings. The van der Waals surface area contributed by atoms with Crippen LogP contribution < -0.4 is 5.32 Å². The molecule has 0 unspecified atom stereocenters. The summed E-state index contributed by atoms with van der Waals surface area (Å²) in [4.78, 5) is 11.3. The quantitative estimate of drug-likeness (QED) is 0.577. The first-order valence-corrected chi connectivity index (χ1v) is 7.61. The molecule has 0 spiro atoms. The Hall–Kier alpha value is -0.340. The number of nitrogens with one attached hydrogen (secondary N) is 1. The molecule has 0 radical (unpaired) electrons. The minimum absolute atomic E-state index is 0.132. The molecule has 6 nitrogen and oxygen atoms in total. The molecule has 1 amide bonds. The molecular weight excluding hydrogens is 282 g/mol. The van der Waals surface area contributed by atoms with Crippen LogP contribution in [0.25, 0.3) is 0 Å². The summed E-state index contributed by atoms with van der Waals surface area (Å²) >= 11 is 1.47. The van der Waals surface area contributed by atoms with Crippen LogP contribution in [-0.4, -0.2) is 62.4 Å². The van der Waals surface area contributed by atoms with Crippen molar-refractivity contribution in [3.05, 3.63) is 0 Å². The van der Waals surface area contributed by atoms with Crippen molar-refractivity contribution in [1.82, 2.24) is 5.32 Å². The highest BCUT2D eigenvalue weighted by atomic mass is 32.2. The maximum atomic E-state index is 11.3. The third-order valence-corrected chi connectivity index (χ3v) is 4.30. The molecule has 7 heteroatoms. The molecule has 5 atom stereocenters. The second-order valence-corrected chi connectivity index (χ2v) is 7.92. The number of carbonyl (C=O) groups is 1. The van der Waals surface area contributed by atoms with Gasteiger partial charge in [0.2, 0.25) is 5.91 Å². The number of hydrogen-bond donors (Lipinski definition) is 4. The Bertz CT molecular complexity index is 333. The molecule has 4 N–H and O–H groups in total. The molecule has 1 fully saturated rings. The van der Waals surface area contributed by atoms with Gasteiger partial charge in [0.1, 0.15) is 17.6 Å². The molecule has 118 valence electrons. The van der Waals surface area contributed by atoms with E-state index in [4.69, 9.17) is 9.84 Å². The van der Waals surface area contributed by atoms with Crippen LogP contribution >= 0.6 is 11.8 Å². The Balaban J connectivity index is 2.89. The first-order valence-electron chi connectivity index (χ1n) is 6.73. The van der Waals surface area contributed by atoms with Crippen molar-refractivity contribution in [2.75, 3.05) is 6.61 Å². The number of carbonyl (C=O) groups excluding carboxylic acids is 1. The molecular formula is C13H25NO5S. The molecule has 1 aliphatic heterocycles. The van der Waals surface area contributed by atoms with Crippen LogP contribution in [0.3, 0.4) is 0 Å². The topological polar surface area (TPSA) is 99.0 Å². The fourth-order valence-corrected chi connectivity index (χ4v) is 3.41. The maximum absolute atomic E-state index is 11.3. The van der Waals surface area contributed by atoms with Crippen LogP contribution in [0.1, 0.15) is 34.1 Å². The van der Waals surface area contributed by atoms with Crippen LogP contribution in [0.2, 0.25) is 0 Å². The fraction of sp³-hybridized carbons (Fsp3) is 0.923. The van der Waals surface area contributed by atoms with Crippen molar-refractivity contribution in [3.8, 4) is 0 Å². The van der Waals surface area contributed by atoms with E-state index in [9.17, 15) is 15.0 Å². The first kappa shape index (κ1) is 17.7. The summed E-state index contributed by atoms with van der Waals surface area (Å²) in [5.74, 6) is -0.287. The highest BCUT2D eigenvalue weighted by Gasteiger charge is 2.45. The SMILES string of the molecule is CC(=O)N[C@@H]1[C@@H](O)[C@@H](O)[C@@H](CCO)O[C@H]1SC(C)(C)C. The van der Waals surface area contributed by atoms with Gasteiger partial charge < -0.3 is 25.4 Å². The lowest BCUT2D eigenvalue weighted by molar-refractivity contribution is -0.167. The van der Waals surface area contributed by atoms with Crippen LogP contribution in [0.15, 0.2) is 0 Å². The summed E-state index contributed by atoms with van der Waals surface area (Å²) in [5, 5.41) is 31.9. The zero-order valence-corrected chi connectivity index (χ0v) is 13.2. The first-order chi connectivity index (χ1) is 9.15. The van der Waals surface area contributed by atoms with E-state index in [2.05, 4.69) is 5.32 Å². The molecule has 0 aromatic carbocycles. The van der Waals surface area contributed by atoms with Crippen molar-refractivity contribution in [2.45, 2.75) is 68.7 Å². The van der Waals surface area contributed by atoms with Crippen molar-refractivity contribution < 1.29 is 24.9 Å². The molecule has 0 aromatic heterocycles. The second kappa shape index (κ2) is 7.09. The Kier molecular flexibility index (Phi) is 6.27. The predicted molar refractivity (Wildman–Crippen MR) is 77.3 cm³/mol. The average Bonchev–Trinajstić information content (AvgIpc) is 2.29. The van der Waals surface area contributed by atoms with Crippen molar-refractivity contribution >= 4 is 17.7 Å². The third-order valence-electron chi connectivity index (χ3n) is 2.95. The lowest BCUT2D eigenvalue weighted by atomic mass is 9.96. The normalized spacial score (nSPS) is 34.9. The van der Waals surface area contributed by atoms with Crippen LogP contribution in [-0.2, 0) is 9.53 Å². The van der Waals surface area contributed by atoms with Crippen LogP contribution in [0.4, 0.5) is 0 Å². The summed E-state index contributed by atoms with van der Waals surface area (Å²) in [5.41, 5.74) is -0.478. The summed E-state index contributed by atoms with van der Waals surface area (Å²) in [6, 6.07) is -0.679. The second-order valence-electron chi connectivity index (χ2n) is 5.99. The van der Waals surface area contributed by atoms with Crippen LogP contribution in [0.5, 0.6) is 0 Å². The van der Waals surface area contributed by atoms with E-state index < -0.39 is 29.8 Å².